The first-order valence-electron chi connectivity index (χ1n) is 5.02. The van der Waals surface area contributed by atoms with Gasteiger partial charge in [-0.3, -0.25) is 4.79 Å². The Balaban J connectivity index is 1.65. The Morgan fingerprint density at radius 2 is 2.15 bits per heavy atom. The Morgan fingerprint density at radius 1 is 1.54 bits per heavy atom. The van der Waals surface area contributed by atoms with Crippen LogP contribution in [0.1, 0.15) is 32.6 Å². The Labute approximate surface area is 87.6 Å². The van der Waals surface area contributed by atoms with Gasteiger partial charge in [-0.2, -0.15) is 0 Å². The summed E-state index contributed by atoms with van der Waals surface area (Å²) in [5.74, 6) is 0.987. The largest absolute Gasteiger partial charge is 0.355 e. The average molecular weight is 246 g/mol. The molecule has 0 aromatic heterocycles. The van der Waals surface area contributed by atoms with Gasteiger partial charge >= 0.3 is 0 Å². The van der Waals surface area contributed by atoms with E-state index in [1.165, 1.54) is 12.8 Å². The molecule has 0 spiro atoms. The molecule has 2 rings (SSSR count). The summed E-state index contributed by atoms with van der Waals surface area (Å²) in [4.78, 5) is 12.2. The number of hydrogen-bond donors (Lipinski definition) is 1. The molecule has 0 saturated heterocycles. The Morgan fingerprint density at radius 3 is 2.62 bits per heavy atom. The molecule has 3 heteroatoms. The van der Waals surface area contributed by atoms with E-state index in [0.29, 0.717) is 4.83 Å². The highest BCUT2D eigenvalue weighted by Crippen LogP contribution is 2.45. The van der Waals surface area contributed by atoms with Crippen molar-refractivity contribution >= 4 is 21.8 Å². The molecule has 0 bridgehead atoms. The molecule has 0 aromatic carbocycles. The molecule has 0 heterocycles. The second-order valence-electron chi connectivity index (χ2n) is 4.71. The summed E-state index contributed by atoms with van der Waals surface area (Å²) in [5, 5.41) is 3.05. The first-order valence-corrected chi connectivity index (χ1v) is 5.94. The molecule has 0 aliphatic heterocycles. The van der Waals surface area contributed by atoms with Crippen LogP contribution in [0.5, 0.6) is 0 Å². The minimum atomic E-state index is -0.00243. The number of hydrogen-bond acceptors (Lipinski definition) is 1. The highest BCUT2D eigenvalue weighted by atomic mass is 79.9. The zero-order valence-electron chi connectivity index (χ0n) is 7.98. The first kappa shape index (κ1) is 9.50. The normalized spacial score (nSPS) is 34.9. The average Bonchev–Trinajstić information content (AvgIpc) is 2.76. The summed E-state index contributed by atoms with van der Waals surface area (Å²) in [6.07, 6.45) is 4.59. The predicted octanol–water partition coefficient (Wildman–Crippen LogP) is 2.08. The van der Waals surface area contributed by atoms with Crippen LogP contribution in [-0.4, -0.2) is 17.3 Å². The summed E-state index contributed by atoms with van der Waals surface area (Å²) in [7, 11) is 0. The maximum atomic E-state index is 11.5. The molecule has 2 nitrogen and oxygen atoms in total. The minimum absolute atomic E-state index is 0.00243. The summed E-state index contributed by atoms with van der Waals surface area (Å²) >= 11 is 3.55. The molecule has 13 heavy (non-hydrogen) atoms. The summed E-state index contributed by atoms with van der Waals surface area (Å²) in [6, 6.07) is 0. The van der Waals surface area contributed by atoms with Crippen molar-refractivity contribution in [2.24, 2.45) is 11.3 Å². The van der Waals surface area contributed by atoms with Crippen molar-refractivity contribution in [2.75, 3.05) is 6.54 Å². The Hall–Kier alpha value is -0.0500. The van der Waals surface area contributed by atoms with Gasteiger partial charge in [-0.15, -0.1) is 0 Å². The van der Waals surface area contributed by atoms with E-state index in [1.807, 2.05) is 0 Å². The fraction of sp³-hybridized carbons (Fsp3) is 0.900. The summed E-state index contributed by atoms with van der Waals surface area (Å²) in [6.45, 7) is 2.94. The van der Waals surface area contributed by atoms with Crippen molar-refractivity contribution in [1.82, 2.24) is 5.32 Å². The Kier molecular flexibility index (Phi) is 2.39. The molecule has 1 amide bonds. The van der Waals surface area contributed by atoms with E-state index in [1.54, 1.807) is 0 Å². The maximum Gasteiger partial charge on any atom is 0.225 e. The third kappa shape index (κ3) is 2.06. The Bertz CT molecular complexity index is 219. The second kappa shape index (κ2) is 3.26. The fourth-order valence-electron chi connectivity index (χ4n) is 1.69. The lowest BCUT2D eigenvalue weighted by atomic mass is 9.85. The molecule has 1 N–H and O–H groups in total. The highest BCUT2D eigenvalue weighted by molar-refractivity contribution is 9.09. The number of alkyl halides is 1. The van der Waals surface area contributed by atoms with E-state index in [2.05, 4.69) is 28.2 Å². The number of carbonyl (C=O) groups is 1. The number of halogens is 1. The first-order chi connectivity index (χ1) is 6.10. The molecule has 0 atom stereocenters. The summed E-state index contributed by atoms with van der Waals surface area (Å²) in [5.41, 5.74) is -0.00243. The van der Waals surface area contributed by atoms with Crippen molar-refractivity contribution in [3.05, 3.63) is 0 Å². The van der Waals surface area contributed by atoms with Crippen LogP contribution >= 0.6 is 15.9 Å². The van der Waals surface area contributed by atoms with Crippen molar-refractivity contribution in [2.45, 2.75) is 37.4 Å². The molecule has 2 aliphatic carbocycles. The van der Waals surface area contributed by atoms with Gasteiger partial charge in [-0.05, 0) is 31.6 Å². The lowest BCUT2D eigenvalue weighted by Crippen LogP contribution is -2.39. The van der Waals surface area contributed by atoms with Crippen LogP contribution in [0.4, 0.5) is 0 Å². The number of nitrogens with one attached hydrogen (secondary N) is 1. The third-order valence-electron chi connectivity index (χ3n) is 3.28. The standard InChI is InChI=1S/C10H16BrNO/c1-10(2-3-10)9(13)12-6-7-4-8(11)5-7/h7-8H,2-6H2,1H3,(H,12,13). The van der Waals surface area contributed by atoms with Gasteiger partial charge in [0.1, 0.15) is 0 Å². The molecular weight excluding hydrogens is 230 g/mol. The van der Waals surface area contributed by atoms with E-state index >= 15 is 0 Å². The lowest BCUT2D eigenvalue weighted by Gasteiger charge is -2.31. The lowest BCUT2D eigenvalue weighted by molar-refractivity contribution is -0.126. The van der Waals surface area contributed by atoms with Crippen molar-refractivity contribution in [3.63, 3.8) is 0 Å². The molecule has 0 aromatic rings. The SMILES string of the molecule is CC1(C(=O)NCC2CC(Br)C2)CC1. The third-order valence-corrected chi connectivity index (χ3v) is 4.03. The van der Waals surface area contributed by atoms with Gasteiger partial charge in [0.15, 0.2) is 0 Å². The zero-order chi connectivity index (χ0) is 9.47. The predicted molar refractivity (Wildman–Crippen MR) is 55.8 cm³/mol. The molecule has 2 fully saturated rings. The van der Waals surface area contributed by atoms with Gasteiger partial charge in [0.25, 0.3) is 0 Å². The molecule has 74 valence electrons. The van der Waals surface area contributed by atoms with Crippen LogP contribution in [-0.2, 0) is 4.79 Å². The molecular formula is C10H16BrNO. The van der Waals surface area contributed by atoms with Crippen LogP contribution in [0.15, 0.2) is 0 Å². The van der Waals surface area contributed by atoms with Gasteiger partial charge in [-0.1, -0.05) is 22.9 Å². The van der Waals surface area contributed by atoms with Crippen LogP contribution in [0.25, 0.3) is 0 Å². The smallest absolute Gasteiger partial charge is 0.225 e. The van der Waals surface area contributed by atoms with Crippen molar-refractivity contribution in [1.29, 1.82) is 0 Å². The second-order valence-corrected chi connectivity index (χ2v) is 6.00. The van der Waals surface area contributed by atoms with E-state index in [9.17, 15) is 4.79 Å². The van der Waals surface area contributed by atoms with E-state index < -0.39 is 0 Å². The van der Waals surface area contributed by atoms with Crippen LogP contribution in [0.3, 0.4) is 0 Å². The summed E-state index contributed by atoms with van der Waals surface area (Å²) < 4.78 is 0. The number of amides is 1. The number of carbonyl (C=O) groups excluding carboxylic acids is 1. The highest BCUT2D eigenvalue weighted by Gasteiger charge is 2.44. The van der Waals surface area contributed by atoms with E-state index in [-0.39, 0.29) is 11.3 Å². The van der Waals surface area contributed by atoms with Gasteiger partial charge in [-0.25, -0.2) is 0 Å². The monoisotopic (exact) mass is 245 g/mol. The van der Waals surface area contributed by atoms with Gasteiger partial charge in [0, 0.05) is 16.8 Å². The molecule has 0 unspecified atom stereocenters. The maximum absolute atomic E-state index is 11.5. The van der Waals surface area contributed by atoms with E-state index in [0.717, 1.165) is 25.3 Å². The minimum Gasteiger partial charge on any atom is -0.355 e. The van der Waals surface area contributed by atoms with Crippen LogP contribution in [0.2, 0.25) is 0 Å². The molecule has 2 aliphatic rings. The molecule has 2 saturated carbocycles. The topological polar surface area (TPSA) is 29.1 Å². The number of rotatable bonds is 3. The molecule has 0 radical (unpaired) electrons. The zero-order valence-corrected chi connectivity index (χ0v) is 9.56. The van der Waals surface area contributed by atoms with Crippen LogP contribution in [0, 0.1) is 11.3 Å². The van der Waals surface area contributed by atoms with Gasteiger partial charge in [0.05, 0.1) is 0 Å². The van der Waals surface area contributed by atoms with Crippen molar-refractivity contribution in [3.8, 4) is 0 Å². The van der Waals surface area contributed by atoms with Crippen molar-refractivity contribution < 1.29 is 4.79 Å². The van der Waals surface area contributed by atoms with Gasteiger partial charge in [0.2, 0.25) is 5.91 Å². The fourth-order valence-corrected chi connectivity index (χ4v) is 2.74. The van der Waals surface area contributed by atoms with Gasteiger partial charge < -0.3 is 5.32 Å². The van der Waals surface area contributed by atoms with E-state index in [4.69, 9.17) is 0 Å². The quantitative estimate of drug-likeness (QED) is 0.759. The van der Waals surface area contributed by atoms with Crippen LogP contribution < -0.4 is 5.32 Å².